The molecule has 0 aliphatic heterocycles. The zero-order chi connectivity index (χ0) is 15.7. The molecule has 1 amide bonds. The predicted molar refractivity (Wildman–Crippen MR) is 83.4 cm³/mol. The van der Waals surface area contributed by atoms with Crippen molar-refractivity contribution in [1.29, 1.82) is 0 Å². The number of amides is 1. The van der Waals surface area contributed by atoms with E-state index in [4.69, 9.17) is 9.84 Å². The average Bonchev–Trinajstić information content (AvgIpc) is 2.44. The fourth-order valence-electron chi connectivity index (χ4n) is 1.73. The Kier molecular flexibility index (Phi) is 7.82. The fourth-order valence-corrected chi connectivity index (χ4v) is 1.99. The highest BCUT2D eigenvalue weighted by molar-refractivity contribution is 9.10. The van der Waals surface area contributed by atoms with Crippen LogP contribution in [0.1, 0.15) is 25.7 Å². The molecule has 21 heavy (non-hydrogen) atoms. The summed E-state index contributed by atoms with van der Waals surface area (Å²) in [6.45, 7) is 0.953. The van der Waals surface area contributed by atoms with Crippen LogP contribution in [-0.2, 0) is 9.59 Å². The maximum atomic E-state index is 11.8. The fraction of sp³-hybridized carbons (Fsp3) is 0.467. The Hall–Kier alpha value is -1.56. The second-order valence-electron chi connectivity index (χ2n) is 4.72. The summed E-state index contributed by atoms with van der Waals surface area (Å²) in [7, 11) is 1.69. The summed E-state index contributed by atoms with van der Waals surface area (Å²) in [4.78, 5) is 23.8. The molecule has 1 rings (SSSR count). The Labute approximate surface area is 133 Å². The Morgan fingerprint density at radius 2 is 1.86 bits per heavy atom. The maximum absolute atomic E-state index is 11.8. The van der Waals surface area contributed by atoms with Gasteiger partial charge in [-0.2, -0.15) is 0 Å². The number of carbonyl (C=O) groups is 2. The topological polar surface area (TPSA) is 66.8 Å². The smallest absolute Gasteiger partial charge is 0.303 e. The number of ether oxygens (including phenoxy) is 1. The molecule has 1 aromatic carbocycles. The predicted octanol–water partition coefficient (Wildman–Crippen LogP) is 2.93. The lowest BCUT2D eigenvalue weighted by Crippen LogP contribution is -2.28. The number of hydrogen-bond acceptors (Lipinski definition) is 3. The van der Waals surface area contributed by atoms with Gasteiger partial charge in [-0.1, -0.05) is 15.9 Å². The molecule has 6 heteroatoms. The van der Waals surface area contributed by atoms with Crippen LogP contribution in [0.4, 0.5) is 0 Å². The van der Waals surface area contributed by atoms with Gasteiger partial charge in [0.15, 0.2) is 0 Å². The van der Waals surface area contributed by atoms with Crippen LogP contribution in [0.15, 0.2) is 28.7 Å². The third-order valence-corrected chi connectivity index (χ3v) is 3.46. The van der Waals surface area contributed by atoms with Gasteiger partial charge in [-0.3, -0.25) is 9.59 Å². The highest BCUT2D eigenvalue weighted by Crippen LogP contribution is 2.16. The van der Waals surface area contributed by atoms with Crippen molar-refractivity contribution < 1.29 is 19.4 Å². The lowest BCUT2D eigenvalue weighted by Gasteiger charge is -2.16. The van der Waals surface area contributed by atoms with E-state index in [-0.39, 0.29) is 12.3 Å². The molecule has 1 aromatic rings. The highest BCUT2D eigenvalue weighted by atomic mass is 79.9. The lowest BCUT2D eigenvalue weighted by molar-refractivity contribution is -0.138. The molecule has 0 heterocycles. The number of carboxylic acid groups (broad SMARTS) is 1. The second kappa shape index (κ2) is 9.39. The summed E-state index contributed by atoms with van der Waals surface area (Å²) >= 11 is 3.35. The third-order valence-electron chi connectivity index (χ3n) is 2.93. The molecule has 0 unspecified atom stereocenters. The first kappa shape index (κ1) is 17.5. The van der Waals surface area contributed by atoms with Gasteiger partial charge >= 0.3 is 5.97 Å². The van der Waals surface area contributed by atoms with E-state index in [2.05, 4.69) is 15.9 Å². The number of rotatable bonds is 9. The van der Waals surface area contributed by atoms with E-state index < -0.39 is 5.97 Å². The van der Waals surface area contributed by atoms with Crippen LogP contribution >= 0.6 is 15.9 Å². The first-order chi connectivity index (χ1) is 9.99. The van der Waals surface area contributed by atoms with Crippen molar-refractivity contribution in [2.45, 2.75) is 25.7 Å². The summed E-state index contributed by atoms with van der Waals surface area (Å²) in [5, 5.41) is 8.54. The Balaban J connectivity index is 2.15. The second-order valence-corrected chi connectivity index (χ2v) is 5.63. The van der Waals surface area contributed by atoms with E-state index in [1.54, 1.807) is 11.9 Å². The van der Waals surface area contributed by atoms with Gasteiger partial charge in [-0.15, -0.1) is 0 Å². The standard InChI is InChI=1S/C15H20BrNO4/c1-17(10-2-5-15(19)20)14(18)4-3-11-21-13-8-6-12(16)7-9-13/h6-9H,2-5,10-11H2,1H3,(H,19,20). The largest absolute Gasteiger partial charge is 0.494 e. The van der Waals surface area contributed by atoms with E-state index in [1.807, 2.05) is 24.3 Å². The molecule has 0 saturated heterocycles. The molecule has 0 bridgehead atoms. The van der Waals surface area contributed by atoms with Crippen molar-refractivity contribution in [3.05, 3.63) is 28.7 Å². The number of carbonyl (C=O) groups excluding carboxylic acids is 1. The van der Waals surface area contributed by atoms with Gasteiger partial charge in [0.05, 0.1) is 6.61 Å². The van der Waals surface area contributed by atoms with Crippen LogP contribution in [0, 0.1) is 0 Å². The Morgan fingerprint density at radius 3 is 2.48 bits per heavy atom. The highest BCUT2D eigenvalue weighted by Gasteiger charge is 2.09. The minimum absolute atomic E-state index is 0.0137. The molecular formula is C15H20BrNO4. The van der Waals surface area contributed by atoms with Crippen molar-refractivity contribution in [1.82, 2.24) is 4.90 Å². The molecule has 0 fully saturated rings. The number of hydrogen-bond donors (Lipinski definition) is 1. The van der Waals surface area contributed by atoms with Gasteiger partial charge in [0.25, 0.3) is 0 Å². The molecule has 0 aliphatic rings. The molecule has 0 aromatic heterocycles. The molecule has 0 atom stereocenters. The van der Waals surface area contributed by atoms with Gasteiger partial charge in [0, 0.05) is 30.9 Å². The van der Waals surface area contributed by atoms with Crippen molar-refractivity contribution in [2.24, 2.45) is 0 Å². The monoisotopic (exact) mass is 357 g/mol. The normalized spacial score (nSPS) is 10.2. The summed E-state index contributed by atoms with van der Waals surface area (Å²) in [6.07, 6.45) is 1.61. The van der Waals surface area contributed by atoms with Crippen LogP contribution in [-0.4, -0.2) is 42.1 Å². The van der Waals surface area contributed by atoms with Crippen molar-refractivity contribution >= 4 is 27.8 Å². The summed E-state index contributed by atoms with van der Waals surface area (Å²) in [5.41, 5.74) is 0. The molecular weight excluding hydrogens is 338 g/mol. The summed E-state index contributed by atoms with van der Waals surface area (Å²) in [6, 6.07) is 7.53. The molecule has 116 valence electrons. The molecule has 0 radical (unpaired) electrons. The minimum atomic E-state index is -0.834. The number of nitrogens with zero attached hydrogens (tertiary/aromatic N) is 1. The number of halogens is 1. The molecule has 5 nitrogen and oxygen atoms in total. The van der Waals surface area contributed by atoms with Gasteiger partial charge in [-0.25, -0.2) is 0 Å². The summed E-state index contributed by atoms with van der Waals surface area (Å²) < 4.78 is 6.53. The van der Waals surface area contributed by atoms with Crippen molar-refractivity contribution in [3.63, 3.8) is 0 Å². The van der Waals surface area contributed by atoms with Crippen LogP contribution in [0.5, 0.6) is 5.75 Å². The van der Waals surface area contributed by atoms with Crippen LogP contribution < -0.4 is 4.74 Å². The summed E-state index contributed by atoms with van der Waals surface area (Å²) in [5.74, 6) is -0.0426. The molecule has 0 aliphatic carbocycles. The zero-order valence-electron chi connectivity index (χ0n) is 12.0. The van der Waals surface area contributed by atoms with Gasteiger partial charge in [0.1, 0.15) is 5.75 Å². The molecule has 0 spiro atoms. The third kappa shape index (κ3) is 7.70. The minimum Gasteiger partial charge on any atom is -0.494 e. The first-order valence-electron chi connectivity index (χ1n) is 6.83. The van der Waals surface area contributed by atoms with Crippen molar-refractivity contribution in [2.75, 3.05) is 20.2 Å². The average molecular weight is 358 g/mol. The van der Waals surface area contributed by atoms with Crippen LogP contribution in [0.3, 0.4) is 0 Å². The number of aliphatic carboxylic acids is 1. The van der Waals surface area contributed by atoms with Crippen LogP contribution in [0.25, 0.3) is 0 Å². The van der Waals surface area contributed by atoms with Gasteiger partial charge in [-0.05, 0) is 37.1 Å². The van der Waals surface area contributed by atoms with E-state index in [0.29, 0.717) is 32.4 Å². The van der Waals surface area contributed by atoms with Gasteiger partial charge in [0.2, 0.25) is 5.91 Å². The molecule has 0 saturated carbocycles. The van der Waals surface area contributed by atoms with Crippen molar-refractivity contribution in [3.8, 4) is 5.75 Å². The Morgan fingerprint density at radius 1 is 1.19 bits per heavy atom. The molecule has 1 N–H and O–H groups in total. The zero-order valence-corrected chi connectivity index (χ0v) is 13.6. The Bertz CT molecular complexity index is 461. The first-order valence-corrected chi connectivity index (χ1v) is 7.62. The number of carboxylic acids is 1. The lowest BCUT2D eigenvalue weighted by atomic mass is 10.2. The van der Waals surface area contributed by atoms with E-state index in [9.17, 15) is 9.59 Å². The van der Waals surface area contributed by atoms with E-state index in [1.165, 1.54) is 0 Å². The number of benzene rings is 1. The van der Waals surface area contributed by atoms with Crippen LogP contribution in [0.2, 0.25) is 0 Å². The quantitative estimate of drug-likeness (QED) is 0.690. The van der Waals surface area contributed by atoms with E-state index >= 15 is 0 Å². The maximum Gasteiger partial charge on any atom is 0.303 e. The van der Waals surface area contributed by atoms with E-state index in [0.717, 1.165) is 10.2 Å². The van der Waals surface area contributed by atoms with Gasteiger partial charge < -0.3 is 14.7 Å². The SMILES string of the molecule is CN(CCCC(=O)O)C(=O)CCCOc1ccc(Br)cc1.